The highest BCUT2D eigenvalue weighted by molar-refractivity contribution is 7.89. The minimum atomic E-state index is -3.44. The molecular formula is C16H28N2O2S. The summed E-state index contributed by atoms with van der Waals surface area (Å²) in [5, 5.41) is 0. The van der Waals surface area contributed by atoms with E-state index in [-0.39, 0.29) is 5.41 Å². The maximum absolute atomic E-state index is 12.3. The van der Waals surface area contributed by atoms with E-state index in [1.165, 1.54) is 0 Å². The van der Waals surface area contributed by atoms with Gasteiger partial charge in [0.15, 0.2) is 0 Å². The van der Waals surface area contributed by atoms with Crippen LogP contribution in [0.15, 0.2) is 29.2 Å². The molecule has 1 N–H and O–H groups in total. The first kappa shape index (κ1) is 18.1. The van der Waals surface area contributed by atoms with Crippen molar-refractivity contribution in [2.75, 3.05) is 27.2 Å². The summed E-state index contributed by atoms with van der Waals surface area (Å²) in [6.07, 6.45) is 0. The van der Waals surface area contributed by atoms with Gasteiger partial charge in [0.2, 0.25) is 10.0 Å². The van der Waals surface area contributed by atoms with E-state index in [0.29, 0.717) is 17.4 Å². The molecule has 21 heavy (non-hydrogen) atoms. The molecule has 0 aliphatic heterocycles. The second-order valence-corrected chi connectivity index (χ2v) is 8.72. The summed E-state index contributed by atoms with van der Waals surface area (Å²) >= 11 is 0. The fraction of sp³-hybridized carbons (Fsp3) is 0.625. The molecule has 0 atom stereocenters. The van der Waals surface area contributed by atoms with Gasteiger partial charge in [0.05, 0.1) is 4.90 Å². The first-order valence-electron chi connectivity index (χ1n) is 7.28. The average molecular weight is 312 g/mol. The lowest BCUT2D eigenvalue weighted by Gasteiger charge is -2.28. The topological polar surface area (TPSA) is 49.4 Å². The Balaban J connectivity index is 2.78. The average Bonchev–Trinajstić information content (AvgIpc) is 2.35. The number of hydrogen-bond acceptors (Lipinski definition) is 3. The monoisotopic (exact) mass is 312 g/mol. The lowest BCUT2D eigenvalue weighted by molar-refractivity contribution is 0.242. The molecule has 0 saturated heterocycles. The smallest absolute Gasteiger partial charge is 0.240 e. The van der Waals surface area contributed by atoms with Gasteiger partial charge in [-0.25, -0.2) is 13.1 Å². The van der Waals surface area contributed by atoms with Crippen molar-refractivity contribution >= 4 is 10.0 Å². The zero-order valence-electron chi connectivity index (χ0n) is 14.0. The van der Waals surface area contributed by atoms with Crippen LogP contribution < -0.4 is 4.72 Å². The molecule has 0 aromatic heterocycles. The van der Waals surface area contributed by atoms with E-state index in [9.17, 15) is 8.42 Å². The third kappa shape index (κ3) is 5.77. The van der Waals surface area contributed by atoms with Crippen molar-refractivity contribution in [1.29, 1.82) is 0 Å². The van der Waals surface area contributed by atoms with Crippen LogP contribution in [0.3, 0.4) is 0 Å². The molecule has 120 valence electrons. The Labute approximate surface area is 129 Å². The van der Waals surface area contributed by atoms with Crippen molar-refractivity contribution in [3.63, 3.8) is 0 Å². The van der Waals surface area contributed by atoms with E-state index in [1.54, 1.807) is 12.1 Å². The van der Waals surface area contributed by atoms with Gasteiger partial charge in [-0.2, -0.15) is 0 Å². The van der Waals surface area contributed by atoms with E-state index in [0.717, 1.165) is 12.1 Å². The van der Waals surface area contributed by atoms with Gasteiger partial charge in [-0.05, 0) is 43.1 Å². The van der Waals surface area contributed by atoms with E-state index >= 15 is 0 Å². The van der Waals surface area contributed by atoms with Crippen molar-refractivity contribution in [1.82, 2.24) is 9.62 Å². The van der Waals surface area contributed by atoms with Crippen LogP contribution in [0.2, 0.25) is 0 Å². The first-order valence-corrected chi connectivity index (χ1v) is 8.76. The highest BCUT2D eigenvalue weighted by Crippen LogP contribution is 2.19. The van der Waals surface area contributed by atoms with Crippen LogP contribution in [0.25, 0.3) is 0 Å². The van der Waals surface area contributed by atoms with Crippen molar-refractivity contribution < 1.29 is 8.42 Å². The third-order valence-corrected chi connectivity index (χ3v) is 4.76. The Bertz CT molecular complexity index is 546. The summed E-state index contributed by atoms with van der Waals surface area (Å²) in [6.45, 7) is 9.52. The van der Waals surface area contributed by atoms with Gasteiger partial charge in [-0.3, -0.25) is 0 Å². The molecule has 0 unspecified atom stereocenters. The summed E-state index contributed by atoms with van der Waals surface area (Å²) in [4.78, 5) is 2.39. The normalized spacial score (nSPS) is 13.1. The van der Waals surface area contributed by atoms with Crippen LogP contribution in [0.1, 0.15) is 39.2 Å². The van der Waals surface area contributed by atoms with Gasteiger partial charge in [0.1, 0.15) is 0 Å². The second kappa shape index (κ2) is 6.90. The molecule has 0 saturated carbocycles. The molecule has 0 bridgehead atoms. The molecule has 1 rings (SSSR count). The number of nitrogens with zero attached hydrogens (tertiary/aromatic N) is 1. The van der Waals surface area contributed by atoms with Gasteiger partial charge in [-0.15, -0.1) is 0 Å². The van der Waals surface area contributed by atoms with Crippen LogP contribution >= 0.6 is 0 Å². The number of sulfonamides is 1. The van der Waals surface area contributed by atoms with E-state index < -0.39 is 10.0 Å². The Kier molecular flexibility index (Phi) is 5.96. The predicted octanol–water partition coefficient (Wildman–Crippen LogP) is 2.68. The molecule has 0 spiro atoms. The predicted molar refractivity (Wildman–Crippen MR) is 88.1 cm³/mol. The maximum atomic E-state index is 12.3. The van der Waals surface area contributed by atoms with Crippen molar-refractivity contribution in [3.05, 3.63) is 29.8 Å². The van der Waals surface area contributed by atoms with Crippen LogP contribution in [0.5, 0.6) is 0 Å². The number of benzene rings is 1. The zero-order chi connectivity index (χ0) is 16.3. The molecule has 1 aromatic carbocycles. The van der Waals surface area contributed by atoms with Crippen molar-refractivity contribution in [2.24, 2.45) is 5.41 Å². The second-order valence-electron chi connectivity index (χ2n) is 6.95. The van der Waals surface area contributed by atoms with E-state index in [1.807, 2.05) is 26.2 Å². The van der Waals surface area contributed by atoms with Crippen LogP contribution in [-0.4, -0.2) is 40.5 Å². The maximum Gasteiger partial charge on any atom is 0.240 e. The Morgan fingerprint density at radius 3 is 2.10 bits per heavy atom. The van der Waals surface area contributed by atoms with Gasteiger partial charge in [-0.1, -0.05) is 39.8 Å². The van der Waals surface area contributed by atoms with E-state index in [4.69, 9.17) is 0 Å². The summed E-state index contributed by atoms with van der Waals surface area (Å²) in [7, 11) is 0.534. The van der Waals surface area contributed by atoms with Crippen LogP contribution in [-0.2, 0) is 10.0 Å². The van der Waals surface area contributed by atoms with Crippen LogP contribution in [0.4, 0.5) is 0 Å². The fourth-order valence-corrected chi connectivity index (χ4v) is 3.56. The van der Waals surface area contributed by atoms with Crippen LogP contribution in [0, 0.1) is 5.41 Å². The standard InChI is InChI=1S/C16H28N2O2S/c1-13(2)14-7-9-15(10-8-14)21(19,20)17-11-16(3,4)12-18(5)6/h7-10,13,17H,11-12H2,1-6H3. The molecule has 4 nitrogen and oxygen atoms in total. The van der Waals surface area contributed by atoms with E-state index in [2.05, 4.69) is 37.3 Å². The van der Waals surface area contributed by atoms with Crippen molar-refractivity contribution in [3.8, 4) is 0 Å². The Morgan fingerprint density at radius 1 is 1.14 bits per heavy atom. The minimum absolute atomic E-state index is 0.117. The number of nitrogens with one attached hydrogen (secondary N) is 1. The first-order chi connectivity index (χ1) is 9.53. The molecule has 1 aromatic rings. The molecule has 0 aliphatic carbocycles. The van der Waals surface area contributed by atoms with Gasteiger partial charge < -0.3 is 4.90 Å². The molecule has 0 amide bonds. The molecule has 0 fully saturated rings. The zero-order valence-corrected chi connectivity index (χ0v) is 14.8. The fourth-order valence-electron chi connectivity index (χ4n) is 2.32. The summed E-state index contributed by atoms with van der Waals surface area (Å²) in [5.41, 5.74) is 1.02. The largest absolute Gasteiger partial charge is 0.309 e. The quantitative estimate of drug-likeness (QED) is 0.842. The highest BCUT2D eigenvalue weighted by Gasteiger charge is 2.23. The number of hydrogen-bond donors (Lipinski definition) is 1. The Hall–Kier alpha value is -0.910. The molecular weight excluding hydrogens is 284 g/mol. The number of rotatable bonds is 7. The molecule has 5 heteroatoms. The summed E-state index contributed by atoms with van der Waals surface area (Å²) in [5.74, 6) is 0.397. The minimum Gasteiger partial charge on any atom is -0.309 e. The van der Waals surface area contributed by atoms with Gasteiger partial charge in [0, 0.05) is 13.1 Å². The molecule has 0 heterocycles. The van der Waals surface area contributed by atoms with Gasteiger partial charge >= 0.3 is 0 Å². The van der Waals surface area contributed by atoms with Gasteiger partial charge in [0.25, 0.3) is 0 Å². The summed E-state index contributed by atoms with van der Waals surface area (Å²) < 4.78 is 27.4. The van der Waals surface area contributed by atoms with Crippen molar-refractivity contribution in [2.45, 2.75) is 38.5 Å². The Morgan fingerprint density at radius 2 is 1.67 bits per heavy atom. The molecule has 0 aliphatic rings. The molecule has 0 radical (unpaired) electrons. The lowest BCUT2D eigenvalue weighted by Crippen LogP contribution is -2.39. The SMILES string of the molecule is CC(C)c1ccc(S(=O)(=O)NCC(C)(C)CN(C)C)cc1. The summed E-state index contributed by atoms with van der Waals surface area (Å²) in [6, 6.07) is 7.11. The third-order valence-electron chi connectivity index (χ3n) is 3.34. The highest BCUT2D eigenvalue weighted by atomic mass is 32.2. The lowest BCUT2D eigenvalue weighted by atomic mass is 9.93.